The monoisotopic (exact) mass is 902 g/mol. The molecule has 330 valence electrons. The number of ether oxygens (including phenoxy) is 2. The molecule has 0 aromatic carbocycles. The Balaban J connectivity index is 0.000000221. The summed E-state index contributed by atoms with van der Waals surface area (Å²) < 4.78 is 276. The molecule has 0 saturated heterocycles. The molecule has 0 radical (unpaired) electrons. The standard InChI is InChI=1S/C18H20F8O4S.C13H14F8O4S/c19-15(20,16(21,22)30-17(23,24)18(25,26)31(27,28)29)4-3-8-5-11-7-12(8)14-10-2-1-9(6-10)13(11)14;14-10(15,4-3-9-6-7-1-2-8(9)5-7)11(16,17)25-12(18,19)13(20,21)26(22,23)24/h1-2,8-14H,3-7H2,(H,27,28,29);1-2,7-9H,3-6H2,(H,22,23,24). The van der Waals surface area contributed by atoms with Crippen LogP contribution in [0, 0.1) is 59.2 Å². The number of rotatable bonds is 16. The second kappa shape index (κ2) is 14.4. The molecule has 6 aliphatic carbocycles. The molecule has 0 aromatic heterocycles. The van der Waals surface area contributed by atoms with Crippen molar-refractivity contribution in [2.75, 3.05) is 0 Å². The van der Waals surface area contributed by atoms with Crippen molar-refractivity contribution in [1.29, 1.82) is 0 Å². The molecule has 2 N–H and O–H groups in total. The largest absolute Gasteiger partial charge is 0.460 e. The fourth-order valence-corrected chi connectivity index (χ4v) is 10.3. The van der Waals surface area contributed by atoms with E-state index in [1.54, 1.807) is 6.08 Å². The zero-order chi connectivity index (χ0) is 43.4. The maximum Gasteiger partial charge on any atom is 0.460 e. The van der Waals surface area contributed by atoms with E-state index in [0.29, 0.717) is 48.9 Å². The topological polar surface area (TPSA) is 127 Å². The highest BCUT2D eigenvalue weighted by Crippen LogP contribution is 2.68. The van der Waals surface area contributed by atoms with Gasteiger partial charge in [-0.1, -0.05) is 24.3 Å². The quantitative estimate of drug-likeness (QED) is 0.0680. The highest BCUT2D eigenvalue weighted by molar-refractivity contribution is 7.87. The summed E-state index contributed by atoms with van der Waals surface area (Å²) in [5.74, 6) is -9.30. The predicted octanol–water partition coefficient (Wildman–Crippen LogP) is 9.48. The van der Waals surface area contributed by atoms with E-state index in [4.69, 9.17) is 9.11 Å². The van der Waals surface area contributed by atoms with Crippen LogP contribution in [0.15, 0.2) is 24.3 Å². The first-order chi connectivity index (χ1) is 25.5. The maximum absolute atomic E-state index is 14.1. The lowest BCUT2D eigenvalue weighted by Gasteiger charge is -2.37. The van der Waals surface area contributed by atoms with Crippen LogP contribution in [-0.4, -0.2) is 72.7 Å². The zero-order valence-electron chi connectivity index (χ0n) is 28.7. The van der Waals surface area contributed by atoms with E-state index < -0.39 is 92.7 Å². The predicted molar refractivity (Wildman–Crippen MR) is 160 cm³/mol. The van der Waals surface area contributed by atoms with E-state index in [-0.39, 0.29) is 29.6 Å². The Morgan fingerprint density at radius 3 is 1.32 bits per heavy atom. The molecule has 4 fully saturated rings. The van der Waals surface area contributed by atoms with E-state index in [0.717, 1.165) is 12.8 Å². The molecule has 0 heterocycles. The lowest BCUT2D eigenvalue weighted by molar-refractivity contribution is -0.457. The Kier molecular flexibility index (Phi) is 11.6. The van der Waals surface area contributed by atoms with E-state index in [9.17, 15) is 87.1 Å². The first-order valence-corrected chi connectivity index (χ1v) is 20.1. The van der Waals surface area contributed by atoms with Gasteiger partial charge in [-0.3, -0.25) is 9.11 Å². The minimum atomic E-state index is -6.91. The fourth-order valence-electron chi connectivity index (χ4n) is 9.63. The normalized spacial score (nSPS) is 32.9. The summed E-state index contributed by atoms with van der Waals surface area (Å²) in [7, 11) is -13.8. The molecule has 0 aliphatic heterocycles. The summed E-state index contributed by atoms with van der Waals surface area (Å²) in [5.41, 5.74) is 0. The molecule has 57 heavy (non-hydrogen) atoms. The first kappa shape index (κ1) is 46.2. The highest BCUT2D eigenvalue weighted by Gasteiger charge is 2.75. The molecule has 4 saturated carbocycles. The van der Waals surface area contributed by atoms with Gasteiger partial charge >= 0.3 is 67.0 Å². The van der Waals surface area contributed by atoms with E-state index in [2.05, 4.69) is 21.6 Å². The van der Waals surface area contributed by atoms with Gasteiger partial charge in [-0.2, -0.15) is 87.1 Å². The fraction of sp³-hybridized carbons (Fsp3) is 0.871. The van der Waals surface area contributed by atoms with Gasteiger partial charge in [0.05, 0.1) is 0 Å². The summed E-state index contributed by atoms with van der Waals surface area (Å²) >= 11 is 0. The van der Waals surface area contributed by atoms with Crippen molar-refractivity contribution in [2.45, 2.75) is 105 Å². The van der Waals surface area contributed by atoms with Crippen molar-refractivity contribution in [3.8, 4) is 0 Å². The van der Waals surface area contributed by atoms with Crippen LogP contribution >= 0.6 is 0 Å². The van der Waals surface area contributed by atoms with Crippen molar-refractivity contribution in [3.63, 3.8) is 0 Å². The molecule has 6 rings (SSSR count). The zero-order valence-corrected chi connectivity index (χ0v) is 30.3. The minimum Gasteiger partial charge on any atom is -0.281 e. The van der Waals surface area contributed by atoms with Crippen LogP contribution in [0.1, 0.15) is 57.8 Å². The van der Waals surface area contributed by atoms with Gasteiger partial charge < -0.3 is 0 Å². The third-order valence-corrected chi connectivity index (χ3v) is 13.9. The van der Waals surface area contributed by atoms with Crippen LogP contribution < -0.4 is 0 Å². The van der Waals surface area contributed by atoms with Crippen LogP contribution in [0.25, 0.3) is 0 Å². The van der Waals surface area contributed by atoms with Crippen molar-refractivity contribution in [2.24, 2.45) is 59.2 Å². The second-order valence-corrected chi connectivity index (χ2v) is 18.5. The number of hydrogen-bond acceptors (Lipinski definition) is 6. The van der Waals surface area contributed by atoms with Gasteiger partial charge in [-0.25, -0.2) is 9.47 Å². The summed E-state index contributed by atoms with van der Waals surface area (Å²) in [6.07, 6.45) is -18.2. The third kappa shape index (κ3) is 8.17. The SMILES string of the molecule is O=S(=O)(O)C(F)(F)C(F)(F)OC(F)(F)C(F)(F)CCC1CC2C=CC1C2.O=S(=O)(O)C(F)(F)C(F)(F)OC(F)(F)C(F)(F)CCC1CC2CC1C1C3C=CC(C3)C21. The second-order valence-electron chi connectivity index (χ2n) is 15.5. The lowest BCUT2D eigenvalue weighted by Crippen LogP contribution is -2.55. The van der Waals surface area contributed by atoms with Crippen LogP contribution in [0.5, 0.6) is 0 Å². The smallest absolute Gasteiger partial charge is 0.281 e. The summed E-state index contributed by atoms with van der Waals surface area (Å²) in [6, 6.07) is 0. The number of hydrogen-bond donors (Lipinski definition) is 2. The number of allylic oxidation sites excluding steroid dienone is 4. The molecule has 10 unspecified atom stereocenters. The summed E-state index contributed by atoms with van der Waals surface area (Å²) in [5, 5.41) is -13.1. The van der Waals surface area contributed by atoms with Crippen LogP contribution in [0.2, 0.25) is 0 Å². The van der Waals surface area contributed by atoms with Gasteiger partial charge in [0.2, 0.25) is 0 Å². The molecular weight excluding hydrogens is 868 g/mol. The first-order valence-electron chi connectivity index (χ1n) is 17.2. The van der Waals surface area contributed by atoms with Crippen molar-refractivity contribution in [3.05, 3.63) is 24.3 Å². The van der Waals surface area contributed by atoms with Gasteiger partial charge in [0.1, 0.15) is 0 Å². The van der Waals surface area contributed by atoms with Crippen LogP contribution in [0.4, 0.5) is 70.2 Å². The Morgan fingerprint density at radius 2 is 0.912 bits per heavy atom. The number of halogens is 16. The van der Waals surface area contributed by atoms with Gasteiger partial charge in [-0.05, 0) is 104 Å². The van der Waals surface area contributed by atoms with Crippen molar-refractivity contribution >= 4 is 20.2 Å². The van der Waals surface area contributed by atoms with Crippen LogP contribution in [-0.2, 0) is 29.7 Å². The van der Waals surface area contributed by atoms with Crippen molar-refractivity contribution < 1.29 is 106 Å². The Hall–Kier alpha value is -1.90. The molecule has 0 spiro atoms. The Labute approximate surface area is 313 Å². The maximum atomic E-state index is 14.1. The van der Waals surface area contributed by atoms with E-state index in [1.807, 2.05) is 6.08 Å². The minimum absolute atomic E-state index is 0.0607. The van der Waals surface area contributed by atoms with Gasteiger partial charge in [0.15, 0.2) is 0 Å². The van der Waals surface area contributed by atoms with E-state index >= 15 is 0 Å². The molecule has 10 atom stereocenters. The molecule has 6 bridgehead atoms. The summed E-state index contributed by atoms with van der Waals surface area (Å²) in [6.45, 7) is 0. The average molecular weight is 903 g/mol. The van der Waals surface area contributed by atoms with Gasteiger partial charge in [0, 0.05) is 12.8 Å². The molecule has 0 aromatic rings. The molecule has 6 aliphatic rings. The highest BCUT2D eigenvalue weighted by atomic mass is 32.2. The molecule has 0 amide bonds. The molecule has 26 heteroatoms. The van der Waals surface area contributed by atoms with Gasteiger partial charge in [-0.15, -0.1) is 0 Å². The average Bonchev–Trinajstić information content (AvgIpc) is 3.89. The lowest BCUT2D eigenvalue weighted by atomic mass is 9.68. The molecule has 8 nitrogen and oxygen atoms in total. The third-order valence-electron chi connectivity index (χ3n) is 12.2. The van der Waals surface area contributed by atoms with E-state index in [1.165, 1.54) is 0 Å². The van der Waals surface area contributed by atoms with Gasteiger partial charge in [0.25, 0.3) is 0 Å². The number of alkyl halides is 16. The Morgan fingerprint density at radius 1 is 0.491 bits per heavy atom. The summed E-state index contributed by atoms with van der Waals surface area (Å²) in [4.78, 5) is 0. The molecular formula is C31H34F16O8S2. The van der Waals surface area contributed by atoms with Crippen LogP contribution in [0.3, 0.4) is 0 Å². The number of fused-ring (bicyclic) bond motifs is 11. The Bertz CT molecular complexity index is 1810. The van der Waals surface area contributed by atoms with Crippen molar-refractivity contribution in [1.82, 2.24) is 0 Å².